The third-order valence-corrected chi connectivity index (χ3v) is 2.72. The second-order valence-corrected chi connectivity index (χ2v) is 4.14. The Labute approximate surface area is 105 Å². The highest BCUT2D eigenvalue weighted by molar-refractivity contribution is 5.75. The van der Waals surface area contributed by atoms with Crippen molar-refractivity contribution < 1.29 is 9.53 Å². The maximum Gasteiger partial charge on any atom is 0.241 e. The molecule has 1 amide bonds. The van der Waals surface area contributed by atoms with Gasteiger partial charge >= 0.3 is 0 Å². The first-order valence-corrected chi connectivity index (χ1v) is 5.96. The molecule has 1 aromatic rings. The van der Waals surface area contributed by atoms with E-state index in [0.29, 0.717) is 12.4 Å². The number of aromatic nitrogens is 3. The third kappa shape index (κ3) is 3.97. The quantitative estimate of drug-likeness (QED) is 0.650. The number of hydrogen-bond donors (Lipinski definition) is 2. The maximum absolute atomic E-state index is 11.6. The Morgan fingerprint density at radius 2 is 2.28 bits per heavy atom. The van der Waals surface area contributed by atoms with Gasteiger partial charge in [0.1, 0.15) is 6.54 Å². The molecule has 8 nitrogen and oxygen atoms in total. The number of nitrogen functional groups attached to an aromatic ring is 1. The van der Waals surface area contributed by atoms with Gasteiger partial charge in [0.15, 0.2) is 5.82 Å². The van der Waals surface area contributed by atoms with Crippen LogP contribution >= 0.6 is 0 Å². The molecule has 8 heteroatoms. The Hall–Kier alpha value is -1.67. The topological polar surface area (TPSA) is 98.3 Å². The van der Waals surface area contributed by atoms with E-state index in [0.717, 1.165) is 32.8 Å². The van der Waals surface area contributed by atoms with Crippen LogP contribution in [0.25, 0.3) is 0 Å². The largest absolute Gasteiger partial charge is 0.381 e. The van der Waals surface area contributed by atoms with Gasteiger partial charge in [-0.15, -0.1) is 5.10 Å². The van der Waals surface area contributed by atoms with E-state index < -0.39 is 0 Å². The van der Waals surface area contributed by atoms with Crippen molar-refractivity contribution in [3.8, 4) is 0 Å². The normalized spacial score (nSPS) is 16.7. The van der Waals surface area contributed by atoms with Gasteiger partial charge < -0.3 is 15.8 Å². The number of nitrogens with zero attached hydrogens (tertiary/aromatic N) is 4. The van der Waals surface area contributed by atoms with E-state index >= 15 is 0 Å². The van der Waals surface area contributed by atoms with E-state index in [4.69, 9.17) is 10.5 Å². The summed E-state index contributed by atoms with van der Waals surface area (Å²) in [5.41, 5.74) is 5.41. The number of carbonyl (C=O) groups is 1. The molecule has 1 fully saturated rings. The van der Waals surface area contributed by atoms with Crippen molar-refractivity contribution in [3.63, 3.8) is 0 Å². The van der Waals surface area contributed by atoms with Crippen molar-refractivity contribution in [2.75, 3.05) is 45.1 Å². The molecule has 1 saturated heterocycles. The van der Waals surface area contributed by atoms with E-state index in [1.165, 1.54) is 10.9 Å². The smallest absolute Gasteiger partial charge is 0.241 e. The van der Waals surface area contributed by atoms with Crippen molar-refractivity contribution in [1.29, 1.82) is 0 Å². The molecule has 18 heavy (non-hydrogen) atoms. The second-order valence-electron chi connectivity index (χ2n) is 4.14. The molecule has 0 atom stereocenters. The first-order valence-electron chi connectivity index (χ1n) is 5.96. The van der Waals surface area contributed by atoms with Gasteiger partial charge in [0.25, 0.3) is 0 Å². The molecule has 0 unspecified atom stereocenters. The molecule has 0 aliphatic carbocycles. The minimum atomic E-state index is -0.0897. The van der Waals surface area contributed by atoms with Crippen molar-refractivity contribution in [2.24, 2.45) is 0 Å². The molecule has 1 aliphatic heterocycles. The van der Waals surface area contributed by atoms with Gasteiger partial charge in [0.05, 0.1) is 19.4 Å². The minimum absolute atomic E-state index is 0.0897. The first-order chi connectivity index (χ1) is 8.74. The van der Waals surface area contributed by atoms with Crippen LogP contribution in [0.4, 0.5) is 5.82 Å². The lowest BCUT2D eigenvalue weighted by molar-refractivity contribution is -0.121. The van der Waals surface area contributed by atoms with E-state index in [2.05, 4.69) is 20.5 Å². The summed E-state index contributed by atoms with van der Waals surface area (Å²) in [6, 6.07) is 0. The lowest BCUT2D eigenvalue weighted by Crippen LogP contribution is -2.41. The van der Waals surface area contributed by atoms with E-state index in [-0.39, 0.29) is 12.5 Å². The Balaban J connectivity index is 1.62. The molecule has 0 spiro atoms. The molecule has 100 valence electrons. The number of morpholine rings is 1. The lowest BCUT2D eigenvalue weighted by atomic mass is 10.4. The standard InChI is InChI=1S/C10H18N6O2/c11-9-7-16(14-13-9)8-10(17)12-1-2-15-3-5-18-6-4-15/h7H,1-6,8,11H2,(H,12,17). The zero-order valence-corrected chi connectivity index (χ0v) is 10.2. The lowest BCUT2D eigenvalue weighted by Gasteiger charge is -2.26. The predicted molar refractivity (Wildman–Crippen MR) is 64.7 cm³/mol. The van der Waals surface area contributed by atoms with Gasteiger partial charge in [-0.05, 0) is 0 Å². The number of ether oxygens (including phenoxy) is 1. The summed E-state index contributed by atoms with van der Waals surface area (Å²) in [5, 5.41) is 10.2. The highest BCUT2D eigenvalue weighted by atomic mass is 16.5. The van der Waals surface area contributed by atoms with Crippen LogP contribution in [0, 0.1) is 0 Å². The second kappa shape index (κ2) is 6.31. The predicted octanol–water partition coefficient (Wildman–Crippen LogP) is -1.69. The number of carbonyl (C=O) groups excluding carboxylic acids is 1. The van der Waals surface area contributed by atoms with Gasteiger partial charge in [0.2, 0.25) is 5.91 Å². The van der Waals surface area contributed by atoms with Crippen molar-refractivity contribution in [3.05, 3.63) is 6.20 Å². The van der Waals surface area contributed by atoms with Crippen LogP contribution in [-0.2, 0) is 16.1 Å². The third-order valence-electron chi connectivity index (χ3n) is 2.72. The summed E-state index contributed by atoms with van der Waals surface area (Å²) in [5.74, 6) is 0.226. The van der Waals surface area contributed by atoms with Crippen LogP contribution < -0.4 is 11.1 Å². The summed E-state index contributed by atoms with van der Waals surface area (Å²) in [6.45, 7) is 5.01. The van der Waals surface area contributed by atoms with E-state index in [1.807, 2.05) is 0 Å². The molecular formula is C10H18N6O2. The van der Waals surface area contributed by atoms with Gasteiger partial charge in [-0.2, -0.15) is 0 Å². The van der Waals surface area contributed by atoms with Crippen molar-refractivity contribution >= 4 is 11.7 Å². The molecule has 0 bridgehead atoms. The summed E-state index contributed by atoms with van der Waals surface area (Å²) in [7, 11) is 0. The number of hydrogen-bond acceptors (Lipinski definition) is 6. The SMILES string of the molecule is Nc1cn(CC(=O)NCCN2CCOCC2)nn1. The number of rotatable bonds is 5. The van der Waals surface area contributed by atoms with Gasteiger partial charge in [-0.3, -0.25) is 9.69 Å². The van der Waals surface area contributed by atoms with E-state index in [1.54, 1.807) is 0 Å². The van der Waals surface area contributed by atoms with Gasteiger partial charge in [-0.1, -0.05) is 5.21 Å². The fourth-order valence-electron chi connectivity index (χ4n) is 1.77. The van der Waals surface area contributed by atoms with Crippen LogP contribution in [-0.4, -0.2) is 65.2 Å². The van der Waals surface area contributed by atoms with Crippen LogP contribution in [0.3, 0.4) is 0 Å². The van der Waals surface area contributed by atoms with Crippen molar-refractivity contribution in [1.82, 2.24) is 25.2 Å². The molecule has 2 heterocycles. The van der Waals surface area contributed by atoms with Crippen LogP contribution in [0.2, 0.25) is 0 Å². The highest BCUT2D eigenvalue weighted by Crippen LogP contribution is 1.95. The van der Waals surface area contributed by atoms with Crippen LogP contribution in [0.1, 0.15) is 0 Å². The molecule has 0 saturated carbocycles. The number of amides is 1. The number of anilines is 1. The zero-order valence-electron chi connectivity index (χ0n) is 10.2. The average molecular weight is 254 g/mol. The average Bonchev–Trinajstić information content (AvgIpc) is 2.76. The summed E-state index contributed by atoms with van der Waals surface area (Å²) in [4.78, 5) is 13.8. The summed E-state index contributed by atoms with van der Waals surface area (Å²) < 4.78 is 6.67. The van der Waals surface area contributed by atoms with Crippen molar-refractivity contribution in [2.45, 2.75) is 6.54 Å². The Bertz CT molecular complexity index is 387. The Morgan fingerprint density at radius 3 is 2.94 bits per heavy atom. The fraction of sp³-hybridized carbons (Fsp3) is 0.700. The van der Waals surface area contributed by atoms with Gasteiger partial charge in [0, 0.05) is 26.2 Å². The van der Waals surface area contributed by atoms with Crippen LogP contribution in [0.5, 0.6) is 0 Å². The first kappa shape index (κ1) is 12.8. The van der Waals surface area contributed by atoms with E-state index in [9.17, 15) is 4.79 Å². The molecule has 1 aliphatic rings. The summed E-state index contributed by atoms with van der Waals surface area (Å²) in [6.07, 6.45) is 1.53. The molecular weight excluding hydrogens is 236 g/mol. The molecule has 1 aromatic heterocycles. The molecule has 2 rings (SSSR count). The molecule has 0 radical (unpaired) electrons. The summed E-state index contributed by atoms with van der Waals surface area (Å²) >= 11 is 0. The van der Waals surface area contributed by atoms with Crippen LogP contribution in [0.15, 0.2) is 6.20 Å². The molecule has 3 N–H and O–H groups in total. The minimum Gasteiger partial charge on any atom is -0.381 e. The fourth-order valence-corrected chi connectivity index (χ4v) is 1.77. The Kier molecular flexibility index (Phi) is 4.48. The number of nitrogens with two attached hydrogens (primary N) is 1. The molecule has 0 aromatic carbocycles. The maximum atomic E-state index is 11.6. The van der Waals surface area contributed by atoms with Gasteiger partial charge in [-0.25, -0.2) is 4.68 Å². The Morgan fingerprint density at radius 1 is 1.50 bits per heavy atom. The highest BCUT2D eigenvalue weighted by Gasteiger charge is 2.10. The monoisotopic (exact) mass is 254 g/mol. The number of nitrogens with one attached hydrogen (secondary N) is 1. The zero-order chi connectivity index (χ0) is 12.8.